The van der Waals surface area contributed by atoms with Gasteiger partial charge < -0.3 is 9.84 Å². The lowest BCUT2D eigenvalue weighted by atomic mass is 10.0. The van der Waals surface area contributed by atoms with Gasteiger partial charge in [-0.1, -0.05) is 44.7 Å². The number of benzene rings is 1. The molecule has 3 nitrogen and oxygen atoms in total. The molecule has 0 saturated carbocycles. The number of rotatable bonds is 4. The van der Waals surface area contributed by atoms with Gasteiger partial charge in [-0.15, -0.1) is 0 Å². The fourth-order valence-corrected chi connectivity index (χ4v) is 2.26. The Morgan fingerprint density at radius 3 is 2.15 bits per heavy atom. The highest BCUT2D eigenvalue weighted by atomic mass is 32.2. The molecule has 1 atom stereocenters. The van der Waals surface area contributed by atoms with Crippen LogP contribution in [-0.4, -0.2) is 28.0 Å². The summed E-state index contributed by atoms with van der Waals surface area (Å²) in [6, 6.07) is 5.53. The van der Waals surface area contributed by atoms with Crippen LogP contribution in [0.1, 0.15) is 32.4 Å². The molecule has 1 unspecified atom stereocenters. The van der Waals surface area contributed by atoms with Crippen molar-refractivity contribution < 1.29 is 23.4 Å². The molecule has 0 heterocycles. The molecule has 1 N–H and O–H groups in total. The number of halogens is 2. The Kier molecular flexibility index (Phi) is 5.15. The maximum absolute atomic E-state index is 14.0. The van der Waals surface area contributed by atoms with Gasteiger partial charge in [0.05, 0.1) is 7.11 Å². The van der Waals surface area contributed by atoms with E-state index in [1.807, 2.05) is 0 Å². The van der Waals surface area contributed by atoms with Crippen molar-refractivity contribution in [1.29, 1.82) is 0 Å². The van der Waals surface area contributed by atoms with Crippen LogP contribution in [0.3, 0.4) is 0 Å². The molecule has 1 rings (SSSR count). The fraction of sp³-hybridized carbons (Fsp3) is 0.500. The van der Waals surface area contributed by atoms with E-state index in [0.29, 0.717) is 17.5 Å². The molecule has 0 bridgehead atoms. The number of thioether (sulfide) groups is 1. The number of aliphatic hydroxyl groups is 1. The summed E-state index contributed by atoms with van der Waals surface area (Å²) in [7, 11) is 1.45. The van der Waals surface area contributed by atoms with Crippen LogP contribution >= 0.6 is 11.8 Å². The normalized spacial score (nSPS) is 13.9. The zero-order valence-electron chi connectivity index (χ0n) is 11.8. The number of carbonyl (C=O) groups is 1. The average Bonchev–Trinajstić information content (AvgIpc) is 2.36. The maximum atomic E-state index is 14.0. The number of hydrogen-bond donors (Lipinski definition) is 1. The highest BCUT2D eigenvalue weighted by Crippen LogP contribution is 2.39. The SMILES string of the molecule is COc1ccc(C(O)C(F)(F)C(=O)SC(C)(C)C)cc1. The van der Waals surface area contributed by atoms with E-state index in [-0.39, 0.29) is 5.56 Å². The molecule has 1 aromatic rings. The predicted octanol–water partition coefficient (Wildman–Crippen LogP) is 3.42. The molecule has 0 fully saturated rings. The predicted molar refractivity (Wildman–Crippen MR) is 75.3 cm³/mol. The van der Waals surface area contributed by atoms with E-state index < -0.39 is 21.9 Å². The first-order valence-corrected chi connectivity index (χ1v) is 6.83. The van der Waals surface area contributed by atoms with Crippen molar-refractivity contribution in [3.63, 3.8) is 0 Å². The van der Waals surface area contributed by atoms with Gasteiger partial charge in [-0.3, -0.25) is 4.79 Å². The van der Waals surface area contributed by atoms with Crippen LogP contribution in [0.2, 0.25) is 0 Å². The molecule has 1 aromatic carbocycles. The van der Waals surface area contributed by atoms with Crippen LogP contribution in [0.15, 0.2) is 24.3 Å². The molecule has 0 aromatic heterocycles. The van der Waals surface area contributed by atoms with Crippen LogP contribution in [0.25, 0.3) is 0 Å². The number of carbonyl (C=O) groups excluding carboxylic acids is 1. The Labute approximate surface area is 121 Å². The first kappa shape index (κ1) is 16.9. The molecule has 0 spiro atoms. The Bertz CT molecular complexity index is 466. The minimum absolute atomic E-state index is 0.0290. The number of ether oxygens (including phenoxy) is 1. The monoisotopic (exact) mass is 304 g/mol. The summed E-state index contributed by atoms with van der Waals surface area (Å²) >= 11 is 0.521. The zero-order chi connectivity index (χ0) is 15.6. The molecule has 0 aliphatic heterocycles. The van der Waals surface area contributed by atoms with Gasteiger partial charge in [0.25, 0.3) is 5.12 Å². The minimum atomic E-state index is -3.84. The molecular formula is C14H18F2O3S. The quantitative estimate of drug-likeness (QED) is 0.926. The summed E-state index contributed by atoms with van der Waals surface area (Å²) in [5, 5.41) is 8.41. The van der Waals surface area contributed by atoms with E-state index >= 15 is 0 Å². The molecule has 6 heteroatoms. The van der Waals surface area contributed by atoms with Crippen LogP contribution in [0.4, 0.5) is 8.78 Å². The lowest BCUT2D eigenvalue weighted by Crippen LogP contribution is -2.36. The molecule has 0 aliphatic carbocycles. The first-order valence-electron chi connectivity index (χ1n) is 6.01. The van der Waals surface area contributed by atoms with Crippen molar-refractivity contribution >= 4 is 16.9 Å². The second-order valence-electron chi connectivity index (χ2n) is 5.30. The smallest absolute Gasteiger partial charge is 0.344 e. The summed E-state index contributed by atoms with van der Waals surface area (Å²) < 4.78 is 32.2. The van der Waals surface area contributed by atoms with Crippen LogP contribution in [-0.2, 0) is 4.79 Å². The summed E-state index contributed by atoms with van der Waals surface area (Å²) in [6.07, 6.45) is -2.17. The summed E-state index contributed by atoms with van der Waals surface area (Å²) in [5.74, 6) is -3.35. The Morgan fingerprint density at radius 2 is 1.75 bits per heavy atom. The number of methoxy groups -OCH3 is 1. The van der Waals surface area contributed by atoms with Crippen LogP contribution in [0.5, 0.6) is 5.75 Å². The lowest BCUT2D eigenvalue weighted by molar-refractivity contribution is -0.151. The van der Waals surface area contributed by atoms with Gasteiger partial charge in [0.2, 0.25) is 0 Å². The van der Waals surface area contributed by atoms with Crippen molar-refractivity contribution in [3.05, 3.63) is 29.8 Å². The molecular weight excluding hydrogens is 286 g/mol. The Hall–Kier alpha value is -1.14. The molecule has 0 amide bonds. The highest BCUT2D eigenvalue weighted by molar-refractivity contribution is 8.14. The molecule has 0 radical (unpaired) electrons. The van der Waals surface area contributed by atoms with E-state index in [1.165, 1.54) is 31.4 Å². The molecule has 0 aliphatic rings. The molecule has 112 valence electrons. The highest BCUT2D eigenvalue weighted by Gasteiger charge is 2.48. The Morgan fingerprint density at radius 1 is 1.25 bits per heavy atom. The average molecular weight is 304 g/mol. The van der Waals surface area contributed by atoms with Gasteiger partial charge in [-0.05, 0) is 17.7 Å². The van der Waals surface area contributed by atoms with Gasteiger partial charge in [0, 0.05) is 4.75 Å². The third-order valence-corrected chi connectivity index (χ3v) is 3.52. The lowest BCUT2D eigenvalue weighted by Gasteiger charge is -2.25. The number of aliphatic hydroxyl groups excluding tert-OH is 1. The van der Waals surface area contributed by atoms with Gasteiger partial charge in [-0.25, -0.2) is 0 Å². The van der Waals surface area contributed by atoms with E-state index in [9.17, 15) is 18.7 Å². The van der Waals surface area contributed by atoms with Crippen molar-refractivity contribution in [2.75, 3.05) is 7.11 Å². The van der Waals surface area contributed by atoms with Crippen molar-refractivity contribution in [2.24, 2.45) is 0 Å². The minimum Gasteiger partial charge on any atom is -0.497 e. The van der Waals surface area contributed by atoms with E-state index in [2.05, 4.69) is 0 Å². The van der Waals surface area contributed by atoms with Crippen LogP contribution < -0.4 is 4.74 Å². The zero-order valence-corrected chi connectivity index (χ0v) is 12.6. The standard InChI is InChI=1S/C14H18F2O3S/c1-13(2,3)20-12(18)14(15,16)11(17)9-5-7-10(19-4)8-6-9/h5-8,11,17H,1-4H3. The molecule has 20 heavy (non-hydrogen) atoms. The number of alkyl halides is 2. The van der Waals surface area contributed by atoms with E-state index in [1.54, 1.807) is 20.8 Å². The van der Waals surface area contributed by atoms with Crippen LogP contribution in [0, 0.1) is 0 Å². The van der Waals surface area contributed by atoms with Crippen molar-refractivity contribution in [3.8, 4) is 5.75 Å². The van der Waals surface area contributed by atoms with Gasteiger partial charge in [0.1, 0.15) is 5.75 Å². The largest absolute Gasteiger partial charge is 0.497 e. The van der Waals surface area contributed by atoms with Crippen molar-refractivity contribution in [1.82, 2.24) is 0 Å². The van der Waals surface area contributed by atoms with Crippen molar-refractivity contribution in [2.45, 2.75) is 37.5 Å². The second-order valence-corrected chi connectivity index (χ2v) is 7.10. The van der Waals surface area contributed by atoms with Gasteiger partial charge in [-0.2, -0.15) is 8.78 Å². The van der Waals surface area contributed by atoms with E-state index in [0.717, 1.165) is 0 Å². The maximum Gasteiger partial charge on any atom is 0.344 e. The van der Waals surface area contributed by atoms with Gasteiger partial charge >= 0.3 is 5.92 Å². The van der Waals surface area contributed by atoms with E-state index in [4.69, 9.17) is 4.74 Å². The third kappa shape index (κ3) is 4.18. The summed E-state index contributed by atoms with van der Waals surface area (Å²) in [6.45, 7) is 4.97. The number of hydrogen-bond acceptors (Lipinski definition) is 4. The van der Waals surface area contributed by atoms with Gasteiger partial charge in [0.15, 0.2) is 6.10 Å². The summed E-state index contributed by atoms with van der Waals surface area (Å²) in [5.41, 5.74) is -0.0290. The first-order chi connectivity index (χ1) is 9.08. The second kappa shape index (κ2) is 6.10. The molecule has 0 saturated heterocycles. The third-order valence-electron chi connectivity index (χ3n) is 2.45. The topological polar surface area (TPSA) is 46.5 Å². The Balaban J connectivity index is 2.92. The summed E-state index contributed by atoms with van der Waals surface area (Å²) in [4.78, 5) is 11.6. The fourth-order valence-electron chi connectivity index (χ4n) is 1.45.